The number of aromatic nitrogens is 3. The third-order valence-electron chi connectivity index (χ3n) is 4.63. The van der Waals surface area contributed by atoms with Crippen molar-refractivity contribution in [3.05, 3.63) is 46.4 Å². The van der Waals surface area contributed by atoms with E-state index in [1.165, 1.54) is 16.3 Å². The van der Waals surface area contributed by atoms with Crippen molar-refractivity contribution in [1.29, 1.82) is 0 Å². The fourth-order valence-electron chi connectivity index (χ4n) is 3.19. The van der Waals surface area contributed by atoms with Gasteiger partial charge in [-0.3, -0.25) is 14.2 Å². The van der Waals surface area contributed by atoms with Crippen LogP contribution >= 0.6 is 11.8 Å². The summed E-state index contributed by atoms with van der Waals surface area (Å²) >= 11 is 1.22. The summed E-state index contributed by atoms with van der Waals surface area (Å²) in [7, 11) is 0. The summed E-state index contributed by atoms with van der Waals surface area (Å²) in [6.07, 6.45) is 1.52. The maximum Gasteiger partial charge on any atom is 0.344 e. The number of nitrogens with one attached hydrogen (secondary N) is 1. The molecule has 8 nitrogen and oxygen atoms in total. The highest BCUT2D eigenvalue weighted by Crippen LogP contribution is 2.21. The number of piperidine rings is 1. The molecule has 1 unspecified atom stereocenters. The maximum atomic E-state index is 12.6. The Morgan fingerprint density at radius 3 is 2.86 bits per heavy atom. The van der Waals surface area contributed by atoms with Gasteiger partial charge in [0, 0.05) is 13.1 Å². The number of carbonyl (C=O) groups excluding carboxylic acids is 2. The Labute approximate surface area is 167 Å². The van der Waals surface area contributed by atoms with Crippen LogP contribution in [0.3, 0.4) is 0 Å². The minimum Gasteiger partial charge on any atom is -0.466 e. The molecule has 2 heterocycles. The van der Waals surface area contributed by atoms with E-state index in [9.17, 15) is 14.4 Å². The molecule has 0 saturated carbocycles. The lowest BCUT2D eigenvalue weighted by molar-refractivity contribution is -0.151. The molecule has 1 amide bonds. The number of ether oxygens (including phenoxy) is 1. The molecule has 0 aliphatic carbocycles. The molecule has 1 N–H and O–H groups in total. The molecule has 0 spiro atoms. The molecular formula is C19H24N4O4S. The van der Waals surface area contributed by atoms with Crippen LogP contribution in [-0.4, -0.2) is 57.0 Å². The number of thioether (sulfide) groups is 1. The highest BCUT2D eigenvalue weighted by molar-refractivity contribution is 7.99. The Kier molecular flexibility index (Phi) is 6.91. The van der Waals surface area contributed by atoms with E-state index in [0.29, 0.717) is 31.4 Å². The average molecular weight is 404 g/mol. The normalized spacial score (nSPS) is 16.8. The molecule has 1 aromatic carbocycles. The Morgan fingerprint density at radius 1 is 1.32 bits per heavy atom. The molecule has 2 aromatic rings. The Bertz CT molecular complexity index is 864. The summed E-state index contributed by atoms with van der Waals surface area (Å²) in [5.41, 5.74) is 0.673. The second-order valence-electron chi connectivity index (χ2n) is 6.60. The molecule has 9 heteroatoms. The Hall–Kier alpha value is -2.55. The van der Waals surface area contributed by atoms with Crippen LogP contribution in [0.2, 0.25) is 0 Å². The summed E-state index contributed by atoms with van der Waals surface area (Å²) in [6, 6.07) is 9.60. The van der Waals surface area contributed by atoms with E-state index in [-0.39, 0.29) is 29.2 Å². The zero-order valence-corrected chi connectivity index (χ0v) is 16.6. The van der Waals surface area contributed by atoms with E-state index in [1.54, 1.807) is 11.8 Å². The number of benzene rings is 1. The largest absolute Gasteiger partial charge is 0.466 e. The number of H-pyrrole nitrogens is 1. The van der Waals surface area contributed by atoms with Crippen LogP contribution < -0.4 is 5.69 Å². The third kappa shape index (κ3) is 5.03. The van der Waals surface area contributed by atoms with Gasteiger partial charge in [0.15, 0.2) is 5.16 Å². The van der Waals surface area contributed by atoms with Crippen molar-refractivity contribution >= 4 is 23.6 Å². The van der Waals surface area contributed by atoms with Gasteiger partial charge < -0.3 is 9.64 Å². The first kappa shape index (κ1) is 20.2. The first-order chi connectivity index (χ1) is 13.6. The highest BCUT2D eigenvalue weighted by Gasteiger charge is 2.29. The van der Waals surface area contributed by atoms with Gasteiger partial charge in [0.25, 0.3) is 0 Å². The van der Waals surface area contributed by atoms with Crippen LogP contribution in [0, 0.1) is 5.92 Å². The van der Waals surface area contributed by atoms with Crippen LogP contribution in [0.15, 0.2) is 40.3 Å². The standard InChI is InChI=1S/C19H24N4O4S/c1-2-27-17(25)15-9-6-10-22(12-15)16(24)13-28-19-21-20-18(26)23(19)11-14-7-4-3-5-8-14/h3-5,7-8,15H,2,6,9-13H2,1H3,(H,20,26). The first-order valence-corrected chi connectivity index (χ1v) is 10.3. The Morgan fingerprint density at radius 2 is 2.11 bits per heavy atom. The fraction of sp³-hybridized carbons (Fsp3) is 0.474. The van der Waals surface area contributed by atoms with Gasteiger partial charge in [-0.25, -0.2) is 9.89 Å². The van der Waals surface area contributed by atoms with Crippen molar-refractivity contribution in [2.45, 2.75) is 31.5 Å². The van der Waals surface area contributed by atoms with Crippen molar-refractivity contribution in [2.75, 3.05) is 25.4 Å². The second-order valence-corrected chi connectivity index (χ2v) is 7.55. The molecular weight excluding hydrogens is 380 g/mol. The number of amides is 1. The fourth-order valence-corrected chi connectivity index (χ4v) is 4.04. The molecule has 1 aromatic heterocycles. The number of likely N-dealkylation sites (tertiary alicyclic amines) is 1. The average Bonchev–Trinajstić information content (AvgIpc) is 3.06. The van der Waals surface area contributed by atoms with E-state index in [2.05, 4.69) is 10.2 Å². The van der Waals surface area contributed by atoms with E-state index in [1.807, 2.05) is 30.3 Å². The van der Waals surface area contributed by atoms with Crippen molar-refractivity contribution in [1.82, 2.24) is 19.7 Å². The predicted octanol–water partition coefficient (Wildman–Crippen LogP) is 1.51. The molecule has 150 valence electrons. The number of carbonyl (C=O) groups is 2. The van der Waals surface area contributed by atoms with Gasteiger partial charge in [0.05, 0.1) is 24.8 Å². The van der Waals surface area contributed by atoms with E-state index < -0.39 is 0 Å². The number of hydrogen-bond acceptors (Lipinski definition) is 6. The molecule has 1 fully saturated rings. The summed E-state index contributed by atoms with van der Waals surface area (Å²) in [4.78, 5) is 38.3. The number of nitrogens with zero attached hydrogens (tertiary/aromatic N) is 3. The summed E-state index contributed by atoms with van der Waals surface area (Å²) in [5.74, 6) is -0.407. The molecule has 1 saturated heterocycles. The van der Waals surface area contributed by atoms with Crippen LogP contribution in [0.5, 0.6) is 0 Å². The molecule has 3 rings (SSSR count). The van der Waals surface area contributed by atoms with E-state index in [0.717, 1.165) is 18.4 Å². The zero-order chi connectivity index (χ0) is 19.9. The zero-order valence-electron chi connectivity index (χ0n) is 15.8. The lowest BCUT2D eigenvalue weighted by atomic mass is 9.98. The Balaban J connectivity index is 1.59. The quantitative estimate of drug-likeness (QED) is 0.555. The minimum absolute atomic E-state index is 0.0688. The number of aromatic amines is 1. The molecule has 0 bridgehead atoms. The molecule has 1 atom stereocenters. The third-order valence-corrected chi connectivity index (χ3v) is 5.59. The van der Waals surface area contributed by atoms with Crippen molar-refractivity contribution < 1.29 is 14.3 Å². The van der Waals surface area contributed by atoms with Crippen molar-refractivity contribution in [2.24, 2.45) is 5.92 Å². The van der Waals surface area contributed by atoms with Crippen LogP contribution in [0.4, 0.5) is 0 Å². The smallest absolute Gasteiger partial charge is 0.344 e. The van der Waals surface area contributed by atoms with Gasteiger partial charge in [0.2, 0.25) is 5.91 Å². The summed E-state index contributed by atoms with van der Waals surface area (Å²) in [6.45, 7) is 3.53. The van der Waals surface area contributed by atoms with Gasteiger partial charge in [-0.2, -0.15) is 0 Å². The van der Waals surface area contributed by atoms with Crippen molar-refractivity contribution in [3.63, 3.8) is 0 Å². The number of rotatable bonds is 7. The summed E-state index contributed by atoms with van der Waals surface area (Å²) < 4.78 is 6.60. The molecule has 1 aliphatic rings. The topological polar surface area (TPSA) is 97.3 Å². The lowest BCUT2D eigenvalue weighted by Gasteiger charge is -2.31. The maximum absolute atomic E-state index is 12.6. The van der Waals surface area contributed by atoms with Gasteiger partial charge in [0.1, 0.15) is 0 Å². The van der Waals surface area contributed by atoms with E-state index >= 15 is 0 Å². The molecule has 28 heavy (non-hydrogen) atoms. The van der Waals surface area contributed by atoms with E-state index in [4.69, 9.17) is 4.74 Å². The molecule has 0 radical (unpaired) electrons. The molecule has 1 aliphatic heterocycles. The minimum atomic E-state index is -0.306. The number of hydrogen-bond donors (Lipinski definition) is 1. The first-order valence-electron chi connectivity index (χ1n) is 9.34. The van der Waals surface area contributed by atoms with Gasteiger partial charge in [-0.05, 0) is 25.3 Å². The van der Waals surface area contributed by atoms with Crippen molar-refractivity contribution in [3.8, 4) is 0 Å². The lowest BCUT2D eigenvalue weighted by Crippen LogP contribution is -2.43. The van der Waals surface area contributed by atoms with Crippen LogP contribution in [0.1, 0.15) is 25.3 Å². The number of esters is 1. The van der Waals surface area contributed by atoms with Gasteiger partial charge in [-0.1, -0.05) is 42.1 Å². The predicted molar refractivity (Wildman–Crippen MR) is 105 cm³/mol. The second kappa shape index (κ2) is 9.59. The highest BCUT2D eigenvalue weighted by atomic mass is 32.2. The van der Waals surface area contributed by atoms with Crippen LogP contribution in [0.25, 0.3) is 0 Å². The summed E-state index contributed by atoms with van der Waals surface area (Å²) in [5, 5.41) is 6.96. The monoisotopic (exact) mass is 404 g/mol. The van der Waals surface area contributed by atoms with Gasteiger partial charge >= 0.3 is 11.7 Å². The van der Waals surface area contributed by atoms with Gasteiger partial charge in [-0.15, -0.1) is 5.10 Å². The van der Waals surface area contributed by atoms with Crippen LogP contribution in [-0.2, 0) is 20.9 Å². The SMILES string of the molecule is CCOC(=O)C1CCCN(C(=O)CSc2n[nH]c(=O)n2Cc2ccccc2)C1.